The minimum atomic E-state index is -0.0323. The van der Waals surface area contributed by atoms with Gasteiger partial charge in [-0.1, -0.05) is 18.2 Å². The predicted octanol–water partition coefficient (Wildman–Crippen LogP) is 3.72. The fourth-order valence-corrected chi connectivity index (χ4v) is 4.31. The maximum absolute atomic E-state index is 12.9. The zero-order chi connectivity index (χ0) is 19.3. The molecule has 0 unspecified atom stereocenters. The molecule has 5 nitrogen and oxygen atoms in total. The number of hydrogen-bond donors (Lipinski definition) is 1. The summed E-state index contributed by atoms with van der Waals surface area (Å²) in [5.41, 5.74) is 2.40. The first-order valence-electron chi connectivity index (χ1n) is 9.75. The van der Waals surface area contributed by atoms with Crippen LogP contribution in [0, 0.1) is 6.92 Å². The summed E-state index contributed by atoms with van der Waals surface area (Å²) >= 11 is 1.70. The van der Waals surface area contributed by atoms with E-state index in [0.717, 1.165) is 60.7 Å². The maximum atomic E-state index is 12.9. The fourth-order valence-electron chi connectivity index (χ4n) is 3.49. The van der Waals surface area contributed by atoms with Gasteiger partial charge in [0.05, 0.1) is 34.9 Å². The van der Waals surface area contributed by atoms with Crippen LogP contribution in [0.25, 0.3) is 21.5 Å². The van der Waals surface area contributed by atoms with E-state index in [0.29, 0.717) is 12.1 Å². The third kappa shape index (κ3) is 4.41. The van der Waals surface area contributed by atoms with Crippen LogP contribution in [-0.2, 0) is 4.74 Å². The standard InChI is InChI=1S/C22H25N3O2S/c1-16-7-8-21(28-16)20-15-18(17-5-2-3-6-19(17)24-20)22(26)23-9-4-10-25-11-13-27-14-12-25/h2-3,5-8,15H,4,9-14H2,1H3,(H,23,26). The van der Waals surface area contributed by atoms with Gasteiger partial charge in [-0.2, -0.15) is 0 Å². The molecule has 28 heavy (non-hydrogen) atoms. The molecular weight excluding hydrogens is 370 g/mol. The van der Waals surface area contributed by atoms with Crippen molar-refractivity contribution in [1.82, 2.24) is 15.2 Å². The van der Waals surface area contributed by atoms with Gasteiger partial charge in [0.1, 0.15) is 0 Å². The number of pyridine rings is 1. The summed E-state index contributed by atoms with van der Waals surface area (Å²) in [6.45, 7) is 7.30. The Morgan fingerprint density at radius 3 is 2.82 bits per heavy atom. The summed E-state index contributed by atoms with van der Waals surface area (Å²) in [5.74, 6) is -0.0323. The average molecular weight is 396 g/mol. The van der Waals surface area contributed by atoms with Crippen LogP contribution in [-0.4, -0.2) is 55.2 Å². The number of thiophene rings is 1. The lowest BCUT2D eigenvalue weighted by Crippen LogP contribution is -2.38. The number of ether oxygens (including phenoxy) is 1. The molecular formula is C22H25N3O2S. The van der Waals surface area contributed by atoms with Gasteiger partial charge in [-0.25, -0.2) is 4.98 Å². The first kappa shape index (κ1) is 19.1. The van der Waals surface area contributed by atoms with E-state index in [1.165, 1.54) is 4.88 Å². The van der Waals surface area contributed by atoms with Crippen LogP contribution in [0.5, 0.6) is 0 Å². The van der Waals surface area contributed by atoms with E-state index in [4.69, 9.17) is 9.72 Å². The minimum Gasteiger partial charge on any atom is -0.379 e. The van der Waals surface area contributed by atoms with Gasteiger partial charge >= 0.3 is 0 Å². The number of nitrogens with one attached hydrogen (secondary N) is 1. The molecule has 1 aromatic carbocycles. The van der Waals surface area contributed by atoms with Crippen LogP contribution in [0.2, 0.25) is 0 Å². The highest BCUT2D eigenvalue weighted by Crippen LogP contribution is 2.29. The minimum absolute atomic E-state index is 0.0323. The van der Waals surface area contributed by atoms with Crippen molar-refractivity contribution in [1.29, 1.82) is 0 Å². The van der Waals surface area contributed by atoms with Crippen molar-refractivity contribution in [3.05, 3.63) is 52.9 Å². The Kier molecular flexibility index (Phi) is 6.00. The number of fused-ring (bicyclic) bond motifs is 1. The number of rotatable bonds is 6. The molecule has 0 bridgehead atoms. The molecule has 0 saturated carbocycles. The zero-order valence-corrected chi connectivity index (χ0v) is 16.9. The van der Waals surface area contributed by atoms with Crippen LogP contribution >= 0.6 is 11.3 Å². The first-order valence-corrected chi connectivity index (χ1v) is 10.6. The van der Waals surface area contributed by atoms with Crippen LogP contribution in [0.3, 0.4) is 0 Å². The Morgan fingerprint density at radius 2 is 2.04 bits per heavy atom. The number of aromatic nitrogens is 1. The van der Waals surface area contributed by atoms with E-state index in [2.05, 4.69) is 29.3 Å². The lowest BCUT2D eigenvalue weighted by molar-refractivity contribution is 0.0374. The molecule has 2 aromatic heterocycles. The van der Waals surface area contributed by atoms with Gasteiger partial charge in [0.15, 0.2) is 0 Å². The lowest BCUT2D eigenvalue weighted by atomic mass is 10.1. The molecule has 1 aliphatic rings. The number of amides is 1. The predicted molar refractivity (Wildman–Crippen MR) is 114 cm³/mol. The Balaban J connectivity index is 1.49. The second-order valence-electron chi connectivity index (χ2n) is 7.05. The normalized spacial score (nSPS) is 15.0. The van der Waals surface area contributed by atoms with Crippen molar-refractivity contribution in [3.8, 4) is 10.6 Å². The van der Waals surface area contributed by atoms with Gasteiger partial charge in [-0.15, -0.1) is 11.3 Å². The summed E-state index contributed by atoms with van der Waals surface area (Å²) in [6, 6.07) is 13.9. The number of carbonyl (C=O) groups is 1. The van der Waals surface area contributed by atoms with Crippen molar-refractivity contribution >= 4 is 28.1 Å². The van der Waals surface area contributed by atoms with Gasteiger partial charge in [0.2, 0.25) is 0 Å². The van der Waals surface area contributed by atoms with E-state index in [1.807, 2.05) is 30.3 Å². The zero-order valence-electron chi connectivity index (χ0n) is 16.1. The van der Waals surface area contributed by atoms with Crippen molar-refractivity contribution in [2.75, 3.05) is 39.4 Å². The molecule has 3 aromatic rings. The topological polar surface area (TPSA) is 54.5 Å². The molecule has 0 spiro atoms. The van der Waals surface area contributed by atoms with E-state index >= 15 is 0 Å². The van der Waals surface area contributed by atoms with Crippen LogP contribution in [0.15, 0.2) is 42.5 Å². The summed E-state index contributed by atoms with van der Waals surface area (Å²) in [6.07, 6.45) is 0.936. The molecule has 4 rings (SSSR count). The summed E-state index contributed by atoms with van der Waals surface area (Å²) in [7, 11) is 0. The monoisotopic (exact) mass is 395 g/mol. The SMILES string of the molecule is Cc1ccc(-c2cc(C(=O)NCCCN3CCOCC3)c3ccccc3n2)s1. The molecule has 1 saturated heterocycles. The van der Waals surface area contributed by atoms with Crippen LogP contribution in [0.1, 0.15) is 21.7 Å². The van der Waals surface area contributed by atoms with Crippen molar-refractivity contribution in [3.63, 3.8) is 0 Å². The highest BCUT2D eigenvalue weighted by Gasteiger charge is 2.15. The number of morpholine rings is 1. The molecule has 3 heterocycles. The Hall–Kier alpha value is -2.28. The van der Waals surface area contributed by atoms with Crippen molar-refractivity contribution < 1.29 is 9.53 Å². The number of aryl methyl sites for hydroxylation is 1. The number of nitrogens with zero attached hydrogens (tertiary/aromatic N) is 2. The van der Waals surface area contributed by atoms with E-state index in [9.17, 15) is 4.79 Å². The Bertz CT molecular complexity index is 963. The van der Waals surface area contributed by atoms with E-state index in [1.54, 1.807) is 11.3 Å². The molecule has 1 amide bonds. The number of para-hydroxylation sites is 1. The van der Waals surface area contributed by atoms with Gasteiger partial charge in [-0.05, 0) is 44.2 Å². The second-order valence-corrected chi connectivity index (χ2v) is 8.33. The highest BCUT2D eigenvalue weighted by atomic mass is 32.1. The van der Waals surface area contributed by atoms with E-state index < -0.39 is 0 Å². The quantitative estimate of drug-likeness (QED) is 0.646. The van der Waals surface area contributed by atoms with Crippen molar-refractivity contribution in [2.45, 2.75) is 13.3 Å². The summed E-state index contributed by atoms with van der Waals surface area (Å²) in [5, 5.41) is 3.99. The molecule has 0 radical (unpaired) electrons. The molecule has 146 valence electrons. The van der Waals surface area contributed by atoms with Crippen molar-refractivity contribution in [2.24, 2.45) is 0 Å². The van der Waals surface area contributed by atoms with Crippen LogP contribution < -0.4 is 5.32 Å². The molecule has 1 N–H and O–H groups in total. The van der Waals surface area contributed by atoms with E-state index in [-0.39, 0.29) is 5.91 Å². The van der Waals surface area contributed by atoms with Gasteiger partial charge in [0.25, 0.3) is 5.91 Å². The highest BCUT2D eigenvalue weighted by molar-refractivity contribution is 7.15. The Labute approximate surface area is 169 Å². The fraction of sp³-hybridized carbons (Fsp3) is 0.364. The third-order valence-corrected chi connectivity index (χ3v) is 6.02. The van der Waals surface area contributed by atoms with Crippen LogP contribution in [0.4, 0.5) is 0 Å². The smallest absolute Gasteiger partial charge is 0.252 e. The summed E-state index contributed by atoms with van der Waals surface area (Å²) < 4.78 is 5.38. The number of carbonyl (C=O) groups excluding carboxylic acids is 1. The molecule has 0 atom stereocenters. The molecule has 0 aliphatic carbocycles. The first-order chi connectivity index (χ1) is 13.7. The Morgan fingerprint density at radius 1 is 1.21 bits per heavy atom. The number of hydrogen-bond acceptors (Lipinski definition) is 5. The second kappa shape index (κ2) is 8.82. The lowest BCUT2D eigenvalue weighted by Gasteiger charge is -2.26. The third-order valence-electron chi connectivity index (χ3n) is 4.99. The van der Waals surface area contributed by atoms with Gasteiger partial charge in [0, 0.05) is 29.9 Å². The van der Waals surface area contributed by atoms with Gasteiger partial charge < -0.3 is 10.1 Å². The molecule has 6 heteroatoms. The molecule has 1 fully saturated rings. The molecule has 1 aliphatic heterocycles. The largest absolute Gasteiger partial charge is 0.379 e. The van der Waals surface area contributed by atoms with Gasteiger partial charge in [-0.3, -0.25) is 9.69 Å². The average Bonchev–Trinajstić information content (AvgIpc) is 3.17. The number of benzene rings is 1. The summed E-state index contributed by atoms with van der Waals surface area (Å²) in [4.78, 5) is 22.4. The maximum Gasteiger partial charge on any atom is 0.252 e.